The molecule has 3 amide bonds. The van der Waals surface area contributed by atoms with Crippen molar-refractivity contribution in [2.75, 3.05) is 27.1 Å². The molecule has 0 aliphatic carbocycles. The maximum atomic E-state index is 13.6. The van der Waals surface area contributed by atoms with Gasteiger partial charge in [0.15, 0.2) is 16.7 Å². The van der Waals surface area contributed by atoms with Crippen molar-refractivity contribution in [2.45, 2.75) is 50.4 Å². The fraction of sp³-hybridized carbons (Fsp3) is 0.414. The van der Waals surface area contributed by atoms with Crippen LogP contribution in [-0.4, -0.2) is 72.0 Å². The third kappa shape index (κ3) is 6.54. The van der Waals surface area contributed by atoms with Gasteiger partial charge in [-0.3, -0.25) is 19.4 Å². The molecular formula is C29H33N5O6S. The van der Waals surface area contributed by atoms with Crippen molar-refractivity contribution in [2.24, 2.45) is 9.98 Å². The van der Waals surface area contributed by atoms with Crippen molar-refractivity contribution >= 4 is 46.2 Å². The molecule has 0 fully saturated rings. The second kappa shape index (κ2) is 13.2. The van der Waals surface area contributed by atoms with Crippen LogP contribution < -0.4 is 20.1 Å². The second-order valence-electron chi connectivity index (χ2n) is 9.71. The lowest BCUT2D eigenvalue weighted by Crippen LogP contribution is -2.43. The van der Waals surface area contributed by atoms with Crippen molar-refractivity contribution in [1.29, 1.82) is 0 Å². The van der Waals surface area contributed by atoms with E-state index in [1.807, 2.05) is 49.4 Å². The summed E-state index contributed by atoms with van der Waals surface area (Å²) in [6, 6.07) is 12.3. The number of carbonyl (C=O) groups excluding carboxylic acids is 3. The Labute approximate surface area is 242 Å². The summed E-state index contributed by atoms with van der Waals surface area (Å²) in [7, 11) is 1.62. The monoisotopic (exact) mass is 579 g/mol. The van der Waals surface area contributed by atoms with Crippen LogP contribution in [0.15, 0.2) is 52.4 Å². The summed E-state index contributed by atoms with van der Waals surface area (Å²) in [5.41, 5.74) is 2.33. The molecule has 0 saturated carbocycles. The van der Waals surface area contributed by atoms with E-state index in [-0.39, 0.29) is 37.4 Å². The average Bonchev–Trinajstić information content (AvgIpc) is 3.59. The minimum Gasteiger partial charge on any atom is -0.454 e. The number of carbonyl (C=O) groups is 3. The van der Waals surface area contributed by atoms with Crippen LogP contribution in [0, 0.1) is 0 Å². The predicted molar refractivity (Wildman–Crippen MR) is 156 cm³/mol. The molecule has 5 rings (SSSR count). The fourth-order valence-corrected chi connectivity index (χ4v) is 5.71. The van der Waals surface area contributed by atoms with Crippen molar-refractivity contribution in [3.05, 3.63) is 53.6 Å². The van der Waals surface area contributed by atoms with Gasteiger partial charge in [0.1, 0.15) is 11.9 Å². The molecule has 12 heteroatoms. The zero-order valence-corrected chi connectivity index (χ0v) is 23.9. The molecule has 2 aromatic carbocycles. The second-order valence-corrected chi connectivity index (χ2v) is 10.9. The summed E-state index contributed by atoms with van der Waals surface area (Å²) in [6.45, 7) is 3.52. The van der Waals surface area contributed by atoms with Gasteiger partial charge in [0.25, 0.3) is 5.91 Å². The fourth-order valence-electron chi connectivity index (χ4n) is 4.67. The normalized spacial score (nSPS) is 17.4. The number of nitrogens with one attached hydrogen (secondary N) is 2. The smallest absolute Gasteiger partial charge is 0.259 e. The van der Waals surface area contributed by atoms with Crippen molar-refractivity contribution in [3.8, 4) is 11.5 Å². The van der Waals surface area contributed by atoms with Gasteiger partial charge >= 0.3 is 0 Å². The van der Waals surface area contributed by atoms with E-state index in [4.69, 9.17) is 24.2 Å². The van der Waals surface area contributed by atoms with Gasteiger partial charge in [-0.15, -0.1) is 0 Å². The SMILES string of the molecule is CC[C@@H](SC1=Nc2ccccc2C2=N[C@H](CCC(=O)NCc3ccc4c(c3)OCO4)C(=O)N12)C(=O)NCCCOC. The molecule has 216 valence electrons. The van der Waals surface area contributed by atoms with Crippen LogP contribution in [0.2, 0.25) is 0 Å². The highest BCUT2D eigenvalue weighted by Crippen LogP contribution is 2.36. The van der Waals surface area contributed by atoms with E-state index in [0.29, 0.717) is 60.7 Å². The first-order valence-corrected chi connectivity index (χ1v) is 14.5. The Bertz CT molecular complexity index is 1380. The van der Waals surface area contributed by atoms with Crippen LogP contribution in [0.25, 0.3) is 0 Å². The number of rotatable bonds is 12. The summed E-state index contributed by atoms with van der Waals surface area (Å²) in [5.74, 6) is 1.30. The van der Waals surface area contributed by atoms with E-state index in [1.54, 1.807) is 7.11 Å². The number of ether oxygens (including phenoxy) is 3. The average molecular weight is 580 g/mol. The number of para-hydroxylation sites is 1. The van der Waals surface area contributed by atoms with Gasteiger partial charge in [0, 0.05) is 38.8 Å². The predicted octanol–water partition coefficient (Wildman–Crippen LogP) is 3.13. The molecule has 2 aromatic rings. The zero-order chi connectivity index (χ0) is 28.8. The van der Waals surface area contributed by atoms with Crippen LogP contribution in [0.4, 0.5) is 5.69 Å². The molecule has 41 heavy (non-hydrogen) atoms. The molecule has 2 atom stereocenters. The first-order valence-electron chi connectivity index (χ1n) is 13.7. The number of hydrogen-bond donors (Lipinski definition) is 2. The maximum Gasteiger partial charge on any atom is 0.259 e. The molecule has 0 bridgehead atoms. The number of hydrogen-bond acceptors (Lipinski definition) is 9. The lowest BCUT2D eigenvalue weighted by Gasteiger charge is -2.27. The molecule has 0 saturated heterocycles. The Hall–Kier alpha value is -3.90. The summed E-state index contributed by atoms with van der Waals surface area (Å²) < 4.78 is 15.8. The topological polar surface area (TPSA) is 131 Å². The van der Waals surface area contributed by atoms with Crippen molar-refractivity contribution < 1.29 is 28.6 Å². The lowest BCUT2D eigenvalue weighted by atomic mass is 10.1. The molecule has 0 aromatic heterocycles. The number of methoxy groups -OCH3 is 1. The van der Waals surface area contributed by atoms with E-state index in [1.165, 1.54) is 16.7 Å². The van der Waals surface area contributed by atoms with Crippen molar-refractivity contribution in [1.82, 2.24) is 15.5 Å². The summed E-state index contributed by atoms with van der Waals surface area (Å²) in [4.78, 5) is 50.1. The molecule has 0 radical (unpaired) electrons. The number of amidine groups is 2. The number of fused-ring (bicyclic) bond motifs is 4. The Morgan fingerprint density at radius 2 is 2.00 bits per heavy atom. The van der Waals surface area contributed by atoms with E-state index >= 15 is 0 Å². The van der Waals surface area contributed by atoms with E-state index < -0.39 is 11.3 Å². The van der Waals surface area contributed by atoms with Crippen LogP contribution in [0.3, 0.4) is 0 Å². The van der Waals surface area contributed by atoms with Crippen LogP contribution in [0.1, 0.15) is 43.7 Å². The van der Waals surface area contributed by atoms with Gasteiger partial charge in [-0.1, -0.05) is 36.9 Å². The standard InChI is InChI=1S/C29H33N5O6S/c1-3-24(27(36)30-13-6-14-38-2)41-29-33-20-8-5-4-7-19(20)26-32-21(28(37)34(26)29)10-12-25(35)31-16-18-9-11-22-23(15-18)40-17-39-22/h4-5,7-9,11,15,21,24H,3,6,10,12-14,16-17H2,1-2H3,(H,30,36)(H,31,35)/t21-,24-/m1/s1. The highest BCUT2D eigenvalue weighted by Gasteiger charge is 2.42. The Morgan fingerprint density at radius 3 is 2.83 bits per heavy atom. The number of benzene rings is 2. The minimum absolute atomic E-state index is 0.115. The van der Waals surface area contributed by atoms with Crippen LogP contribution in [-0.2, 0) is 25.7 Å². The molecule has 0 spiro atoms. The quantitative estimate of drug-likeness (QED) is 0.370. The summed E-state index contributed by atoms with van der Waals surface area (Å²) >= 11 is 1.25. The first kappa shape index (κ1) is 28.6. The Morgan fingerprint density at radius 1 is 1.17 bits per heavy atom. The van der Waals surface area contributed by atoms with Gasteiger partial charge in [-0.05, 0) is 49.1 Å². The third-order valence-corrected chi connectivity index (χ3v) is 8.17. The van der Waals surface area contributed by atoms with Gasteiger partial charge in [0.05, 0.1) is 10.9 Å². The highest BCUT2D eigenvalue weighted by molar-refractivity contribution is 8.15. The van der Waals surface area contributed by atoms with Gasteiger partial charge in [-0.25, -0.2) is 9.89 Å². The maximum absolute atomic E-state index is 13.6. The summed E-state index contributed by atoms with van der Waals surface area (Å²) in [6.07, 6.45) is 1.66. The van der Waals surface area contributed by atoms with Gasteiger partial charge in [-0.2, -0.15) is 0 Å². The summed E-state index contributed by atoms with van der Waals surface area (Å²) in [5, 5.41) is 5.82. The number of aliphatic imine (C=N–C) groups is 2. The number of thioether (sulfide) groups is 1. The molecule has 0 unspecified atom stereocenters. The highest BCUT2D eigenvalue weighted by atomic mass is 32.2. The van der Waals surface area contributed by atoms with E-state index in [0.717, 1.165) is 11.1 Å². The third-order valence-electron chi connectivity index (χ3n) is 6.85. The van der Waals surface area contributed by atoms with Crippen LogP contribution in [0.5, 0.6) is 11.5 Å². The van der Waals surface area contributed by atoms with Gasteiger partial charge < -0.3 is 24.8 Å². The zero-order valence-electron chi connectivity index (χ0n) is 23.1. The minimum atomic E-state index is -0.721. The van der Waals surface area contributed by atoms with Gasteiger partial charge in [0.2, 0.25) is 18.6 Å². The number of nitrogens with zero attached hydrogens (tertiary/aromatic N) is 3. The molecule has 11 nitrogen and oxygen atoms in total. The van der Waals surface area contributed by atoms with E-state index in [9.17, 15) is 14.4 Å². The molecule has 3 aliphatic rings. The Balaban J connectivity index is 1.23. The van der Waals surface area contributed by atoms with Crippen LogP contribution >= 0.6 is 11.8 Å². The number of amides is 3. The van der Waals surface area contributed by atoms with Crippen molar-refractivity contribution in [3.63, 3.8) is 0 Å². The molecule has 2 N–H and O–H groups in total. The molecular weight excluding hydrogens is 546 g/mol. The molecule has 3 aliphatic heterocycles. The largest absolute Gasteiger partial charge is 0.454 e. The first-order chi connectivity index (χ1) is 20.0. The molecule has 3 heterocycles. The lowest BCUT2D eigenvalue weighted by molar-refractivity contribution is -0.125. The van der Waals surface area contributed by atoms with E-state index in [2.05, 4.69) is 10.6 Å². The Kier molecular flexibility index (Phi) is 9.20.